The number of benzene rings is 2. The van der Waals surface area contributed by atoms with Crippen LogP contribution in [0.15, 0.2) is 36.4 Å². The van der Waals surface area contributed by atoms with Crippen molar-refractivity contribution in [3.8, 4) is 17.2 Å². The van der Waals surface area contributed by atoms with Gasteiger partial charge in [0.15, 0.2) is 12.4 Å². The van der Waals surface area contributed by atoms with Crippen LogP contribution in [-0.2, 0) is 11.2 Å². The fourth-order valence-corrected chi connectivity index (χ4v) is 3.86. The summed E-state index contributed by atoms with van der Waals surface area (Å²) in [5.74, 6) is 0.825. The van der Waals surface area contributed by atoms with Crippen molar-refractivity contribution in [1.29, 1.82) is 0 Å². The number of anilines is 1. The minimum absolute atomic E-state index is 0.0163. The first-order valence-corrected chi connectivity index (χ1v) is 10.9. The van der Waals surface area contributed by atoms with E-state index < -0.39 is 6.10 Å². The summed E-state index contributed by atoms with van der Waals surface area (Å²) >= 11 is 0. The Labute approximate surface area is 182 Å². The Kier molecular flexibility index (Phi) is 6.34. The van der Waals surface area contributed by atoms with Crippen LogP contribution in [0.3, 0.4) is 0 Å². The first-order chi connectivity index (χ1) is 15.0. The fraction of sp³-hybridized carbons (Fsp3) is 0.458. The van der Waals surface area contributed by atoms with Gasteiger partial charge in [0, 0.05) is 17.6 Å². The van der Waals surface area contributed by atoms with Crippen LogP contribution in [0.25, 0.3) is 0 Å². The van der Waals surface area contributed by atoms with Crippen LogP contribution in [-0.4, -0.2) is 41.4 Å². The molecular weight excluding hydrogens is 396 g/mol. The molecule has 1 unspecified atom stereocenters. The molecule has 1 saturated carbocycles. The normalized spacial score (nSPS) is 17.3. The summed E-state index contributed by atoms with van der Waals surface area (Å²) in [5, 5.41) is 26.9. The number of hydrogen-bond donors (Lipinski definition) is 4. The van der Waals surface area contributed by atoms with E-state index in [0.29, 0.717) is 17.9 Å². The van der Waals surface area contributed by atoms with Crippen molar-refractivity contribution in [1.82, 2.24) is 5.32 Å². The Morgan fingerprint density at radius 2 is 2.00 bits per heavy atom. The van der Waals surface area contributed by atoms with Crippen LogP contribution in [0.1, 0.15) is 49.8 Å². The van der Waals surface area contributed by atoms with Crippen molar-refractivity contribution in [2.75, 3.05) is 25.1 Å². The summed E-state index contributed by atoms with van der Waals surface area (Å²) in [6, 6.07) is 11.3. The van der Waals surface area contributed by atoms with E-state index in [2.05, 4.69) is 29.7 Å². The van der Waals surface area contributed by atoms with E-state index in [9.17, 15) is 15.0 Å². The molecule has 4 N–H and O–H groups in total. The van der Waals surface area contributed by atoms with Crippen LogP contribution < -0.4 is 20.1 Å². The second-order valence-corrected chi connectivity index (χ2v) is 8.41. The first-order valence-electron chi connectivity index (χ1n) is 10.9. The van der Waals surface area contributed by atoms with Gasteiger partial charge in [-0.25, -0.2) is 0 Å². The Morgan fingerprint density at radius 3 is 2.71 bits per heavy atom. The molecule has 0 bridgehead atoms. The highest BCUT2D eigenvalue weighted by Crippen LogP contribution is 2.43. The van der Waals surface area contributed by atoms with Crippen molar-refractivity contribution in [3.05, 3.63) is 47.5 Å². The van der Waals surface area contributed by atoms with Gasteiger partial charge < -0.3 is 30.3 Å². The third-order valence-corrected chi connectivity index (χ3v) is 5.89. The number of aliphatic hydroxyl groups excluding tert-OH is 1. The molecule has 1 aliphatic heterocycles. The van der Waals surface area contributed by atoms with Crippen molar-refractivity contribution in [2.24, 2.45) is 0 Å². The molecule has 2 aromatic rings. The Morgan fingerprint density at radius 1 is 1.23 bits per heavy atom. The van der Waals surface area contributed by atoms with Crippen molar-refractivity contribution < 1.29 is 24.5 Å². The van der Waals surface area contributed by atoms with Crippen molar-refractivity contribution in [2.45, 2.75) is 50.7 Å². The van der Waals surface area contributed by atoms with Gasteiger partial charge in [-0.1, -0.05) is 25.5 Å². The highest BCUT2D eigenvalue weighted by atomic mass is 16.5. The van der Waals surface area contributed by atoms with Gasteiger partial charge in [0.25, 0.3) is 5.91 Å². The number of carbonyl (C=O) groups is 1. The lowest BCUT2D eigenvalue weighted by Gasteiger charge is -2.25. The maximum absolute atomic E-state index is 11.6. The predicted octanol–water partition coefficient (Wildman–Crippen LogP) is 3.30. The molecule has 4 rings (SSSR count). The molecule has 2 aliphatic rings. The molecule has 166 valence electrons. The van der Waals surface area contributed by atoms with E-state index in [-0.39, 0.29) is 29.5 Å². The first kappa shape index (κ1) is 21.5. The minimum Gasteiger partial charge on any atom is -0.506 e. The molecule has 31 heavy (non-hydrogen) atoms. The summed E-state index contributed by atoms with van der Waals surface area (Å²) < 4.78 is 11.2. The number of phenolic OH excluding ortho intramolecular Hbond substituents is 1. The number of fused-ring (bicyclic) bond motifs is 1. The highest BCUT2D eigenvalue weighted by molar-refractivity contribution is 5.97. The standard InChI is InChI=1S/C24H30N2O5/c1-2-3-12-30-17-6-4-16(5-7-17)13-24(10-11-24)25-14-20(28)18-8-9-19(27)22-23(18)31-15-21(29)26-22/h4-9,20,25,27-28H,2-3,10-15H2,1H3,(H,26,29). The van der Waals surface area contributed by atoms with Crippen LogP contribution in [0.2, 0.25) is 0 Å². The zero-order chi connectivity index (χ0) is 21.8. The average molecular weight is 427 g/mol. The number of nitrogens with one attached hydrogen (secondary N) is 2. The smallest absolute Gasteiger partial charge is 0.262 e. The lowest BCUT2D eigenvalue weighted by Crippen LogP contribution is -2.37. The summed E-state index contributed by atoms with van der Waals surface area (Å²) in [5.41, 5.74) is 1.98. The van der Waals surface area contributed by atoms with Gasteiger partial charge in [-0.2, -0.15) is 0 Å². The number of phenols is 1. The SMILES string of the molecule is CCCCOc1ccc(CC2(NCC(O)c3ccc(O)c4c3OCC(=O)N4)CC2)cc1. The summed E-state index contributed by atoms with van der Waals surface area (Å²) in [4.78, 5) is 11.6. The van der Waals surface area contributed by atoms with Gasteiger partial charge in [0.05, 0.1) is 12.7 Å². The third-order valence-electron chi connectivity index (χ3n) is 5.89. The van der Waals surface area contributed by atoms with E-state index in [4.69, 9.17) is 9.47 Å². The van der Waals surface area contributed by atoms with Gasteiger partial charge >= 0.3 is 0 Å². The minimum atomic E-state index is -0.823. The third kappa shape index (κ3) is 5.11. The van der Waals surface area contributed by atoms with E-state index in [0.717, 1.165) is 44.5 Å². The van der Waals surface area contributed by atoms with E-state index >= 15 is 0 Å². The summed E-state index contributed by atoms with van der Waals surface area (Å²) in [6.45, 7) is 3.11. The molecular formula is C24H30N2O5. The van der Waals surface area contributed by atoms with E-state index in [1.54, 1.807) is 6.07 Å². The van der Waals surface area contributed by atoms with Gasteiger partial charge in [-0.05, 0) is 55.5 Å². The number of rotatable bonds is 10. The number of carbonyl (C=O) groups excluding carboxylic acids is 1. The molecule has 0 radical (unpaired) electrons. The maximum atomic E-state index is 11.6. The largest absolute Gasteiger partial charge is 0.506 e. The second-order valence-electron chi connectivity index (χ2n) is 8.41. The number of aliphatic hydroxyl groups is 1. The van der Waals surface area contributed by atoms with Gasteiger partial charge in [-0.15, -0.1) is 0 Å². The van der Waals surface area contributed by atoms with Crippen molar-refractivity contribution in [3.63, 3.8) is 0 Å². The lowest BCUT2D eigenvalue weighted by atomic mass is 10.0. The van der Waals surface area contributed by atoms with E-state index in [1.807, 2.05) is 12.1 Å². The number of aromatic hydroxyl groups is 1. The number of β-amino-alcohol motifs (C(OH)–C–C–N with tert-alkyl or cyclic N) is 1. The fourth-order valence-electron chi connectivity index (χ4n) is 3.86. The zero-order valence-electron chi connectivity index (χ0n) is 17.8. The van der Waals surface area contributed by atoms with Gasteiger partial charge in [-0.3, -0.25) is 4.79 Å². The molecule has 1 amide bonds. The number of unbranched alkanes of at least 4 members (excludes halogenated alkanes) is 1. The Bertz CT molecular complexity index is 924. The molecule has 7 nitrogen and oxygen atoms in total. The molecule has 0 spiro atoms. The molecule has 1 aliphatic carbocycles. The van der Waals surface area contributed by atoms with E-state index in [1.165, 1.54) is 11.6 Å². The lowest BCUT2D eigenvalue weighted by molar-refractivity contribution is -0.118. The molecule has 1 atom stereocenters. The molecule has 0 aromatic heterocycles. The number of ether oxygens (including phenoxy) is 2. The topological polar surface area (TPSA) is 100 Å². The molecule has 0 saturated heterocycles. The second kappa shape index (κ2) is 9.16. The molecule has 1 fully saturated rings. The molecule has 2 aromatic carbocycles. The monoisotopic (exact) mass is 426 g/mol. The number of amides is 1. The number of hydrogen-bond acceptors (Lipinski definition) is 6. The maximum Gasteiger partial charge on any atom is 0.262 e. The Hall–Kier alpha value is -2.77. The van der Waals surface area contributed by atoms with Gasteiger partial charge in [0.2, 0.25) is 0 Å². The zero-order valence-corrected chi connectivity index (χ0v) is 17.8. The van der Waals surface area contributed by atoms with Crippen LogP contribution in [0.4, 0.5) is 5.69 Å². The average Bonchev–Trinajstić information content (AvgIpc) is 3.54. The van der Waals surface area contributed by atoms with Crippen LogP contribution >= 0.6 is 0 Å². The van der Waals surface area contributed by atoms with Crippen LogP contribution in [0.5, 0.6) is 17.2 Å². The Balaban J connectivity index is 1.35. The van der Waals surface area contributed by atoms with Crippen LogP contribution in [0, 0.1) is 0 Å². The molecule has 7 heteroatoms. The molecule has 1 heterocycles. The quantitative estimate of drug-likeness (QED) is 0.344. The van der Waals surface area contributed by atoms with Crippen molar-refractivity contribution >= 4 is 11.6 Å². The predicted molar refractivity (Wildman–Crippen MR) is 118 cm³/mol. The van der Waals surface area contributed by atoms with Gasteiger partial charge in [0.1, 0.15) is 17.2 Å². The highest BCUT2D eigenvalue weighted by Gasteiger charge is 2.42. The summed E-state index contributed by atoms with van der Waals surface area (Å²) in [6.07, 6.45) is 4.33. The summed E-state index contributed by atoms with van der Waals surface area (Å²) in [7, 11) is 0.